The summed E-state index contributed by atoms with van der Waals surface area (Å²) in [6, 6.07) is 6.00. The highest BCUT2D eigenvalue weighted by atomic mass is 19.3. The molecular weight excluding hydrogens is 488 g/mol. The van der Waals surface area contributed by atoms with Gasteiger partial charge in [-0.05, 0) is 26.2 Å². The van der Waals surface area contributed by atoms with Gasteiger partial charge in [0.25, 0.3) is 5.69 Å². The molecular formula is C23H25F2N9O3. The number of nitro benzene ring substituents is 1. The van der Waals surface area contributed by atoms with Gasteiger partial charge in [0, 0.05) is 62.7 Å². The number of hydrogen-bond acceptors (Lipinski definition) is 10. The van der Waals surface area contributed by atoms with Crippen LogP contribution in [0.5, 0.6) is 5.75 Å². The van der Waals surface area contributed by atoms with Gasteiger partial charge in [-0.25, -0.2) is 15.0 Å². The third-order valence-corrected chi connectivity index (χ3v) is 5.58. The van der Waals surface area contributed by atoms with Crippen molar-refractivity contribution in [2.75, 3.05) is 44.4 Å². The molecule has 0 bridgehead atoms. The predicted molar refractivity (Wildman–Crippen MR) is 134 cm³/mol. The molecule has 12 nitrogen and oxygen atoms in total. The van der Waals surface area contributed by atoms with Crippen LogP contribution >= 0.6 is 0 Å². The first-order valence-corrected chi connectivity index (χ1v) is 11.1. The van der Waals surface area contributed by atoms with Crippen molar-refractivity contribution < 1.29 is 18.4 Å². The van der Waals surface area contributed by atoms with Gasteiger partial charge in [-0.3, -0.25) is 10.1 Å². The number of likely N-dealkylation sites (N-methyl/N-ethyl adjacent to an activating group) is 2. The molecule has 0 aliphatic heterocycles. The second kappa shape index (κ2) is 10.7. The van der Waals surface area contributed by atoms with Crippen molar-refractivity contribution in [1.29, 1.82) is 0 Å². The zero-order valence-corrected chi connectivity index (χ0v) is 20.6. The van der Waals surface area contributed by atoms with Gasteiger partial charge in [0.2, 0.25) is 5.95 Å². The molecule has 0 aliphatic rings. The van der Waals surface area contributed by atoms with Crippen LogP contribution < -0.4 is 15.0 Å². The van der Waals surface area contributed by atoms with Gasteiger partial charge >= 0.3 is 6.61 Å². The normalized spacial score (nSPS) is 11.4. The van der Waals surface area contributed by atoms with E-state index in [1.165, 1.54) is 12.4 Å². The number of aromatic nitrogens is 5. The highest BCUT2D eigenvalue weighted by molar-refractivity contribution is 5.92. The third kappa shape index (κ3) is 5.69. The topological polar surface area (TPSA) is 127 Å². The molecule has 4 aromatic rings. The summed E-state index contributed by atoms with van der Waals surface area (Å²) in [4.78, 5) is 31.8. The maximum atomic E-state index is 13.3. The third-order valence-electron chi connectivity index (χ3n) is 5.58. The molecule has 14 heteroatoms. The van der Waals surface area contributed by atoms with Crippen molar-refractivity contribution in [2.45, 2.75) is 6.61 Å². The molecule has 194 valence electrons. The van der Waals surface area contributed by atoms with Crippen LogP contribution in [0.1, 0.15) is 0 Å². The Kier molecular flexibility index (Phi) is 7.38. The number of hydrogen-bond donors (Lipinski definition) is 1. The fourth-order valence-electron chi connectivity index (χ4n) is 3.77. The first-order valence-electron chi connectivity index (χ1n) is 11.1. The molecule has 0 radical (unpaired) electrons. The van der Waals surface area contributed by atoms with Crippen LogP contribution in [-0.4, -0.2) is 75.2 Å². The minimum atomic E-state index is -3.15. The molecule has 37 heavy (non-hydrogen) atoms. The van der Waals surface area contributed by atoms with Crippen molar-refractivity contribution in [3.8, 4) is 17.1 Å². The van der Waals surface area contributed by atoms with E-state index in [0.717, 1.165) is 17.1 Å². The highest BCUT2D eigenvalue weighted by Crippen LogP contribution is 2.40. The SMILES string of the molecule is CN(C)CCN(C)c1cc(OC(F)F)c(Nc2ncnc(-c3cn(C)c4ncccc34)n2)cc1[N+](=O)[O-]. The fraction of sp³-hybridized carbons (Fsp3) is 0.304. The number of halogens is 2. The fourth-order valence-corrected chi connectivity index (χ4v) is 3.77. The van der Waals surface area contributed by atoms with E-state index in [1.54, 1.807) is 24.2 Å². The van der Waals surface area contributed by atoms with Gasteiger partial charge in [0.05, 0.1) is 10.6 Å². The number of rotatable bonds is 10. The van der Waals surface area contributed by atoms with E-state index in [-0.39, 0.29) is 28.8 Å². The summed E-state index contributed by atoms with van der Waals surface area (Å²) in [5.41, 5.74) is 1.16. The van der Waals surface area contributed by atoms with Crippen LogP contribution in [0, 0.1) is 10.1 Å². The Morgan fingerprint density at radius 1 is 1.19 bits per heavy atom. The van der Waals surface area contributed by atoms with Crippen molar-refractivity contribution in [2.24, 2.45) is 7.05 Å². The molecule has 0 saturated heterocycles. The first-order chi connectivity index (χ1) is 17.6. The number of nitrogens with one attached hydrogen (secondary N) is 1. The minimum Gasteiger partial charge on any atom is -0.433 e. The molecule has 0 unspecified atom stereocenters. The number of aryl methyl sites for hydroxylation is 1. The largest absolute Gasteiger partial charge is 0.433 e. The highest BCUT2D eigenvalue weighted by Gasteiger charge is 2.24. The maximum absolute atomic E-state index is 13.3. The van der Waals surface area contributed by atoms with E-state index in [1.807, 2.05) is 42.9 Å². The minimum absolute atomic E-state index is 0.00646. The van der Waals surface area contributed by atoms with Crippen molar-refractivity contribution in [3.05, 3.63) is 53.1 Å². The molecule has 1 N–H and O–H groups in total. The van der Waals surface area contributed by atoms with E-state index in [4.69, 9.17) is 4.74 Å². The first kappa shape index (κ1) is 25.6. The smallest absolute Gasteiger partial charge is 0.387 e. The standard InChI is InChI=1S/C23H25F2N9O3/c1-31(2)8-9-32(3)17-11-19(37-22(24)25)16(10-18(17)34(35)36)29-23-28-13-27-20(30-23)15-12-33(4)21-14(15)6-5-7-26-21/h5-7,10-13,22H,8-9H2,1-4H3,(H,27,28,29,30). The molecule has 0 atom stereocenters. The van der Waals surface area contributed by atoms with Gasteiger partial charge in [-0.2, -0.15) is 13.8 Å². The quantitative estimate of drug-likeness (QED) is 0.248. The lowest BCUT2D eigenvalue weighted by atomic mass is 10.2. The molecule has 0 aliphatic carbocycles. The number of benzene rings is 1. The molecule has 0 fully saturated rings. The van der Waals surface area contributed by atoms with Crippen LogP contribution in [0.15, 0.2) is 43.0 Å². The second-order valence-electron chi connectivity index (χ2n) is 8.48. The molecule has 4 rings (SSSR count). The number of pyridine rings is 1. The van der Waals surface area contributed by atoms with E-state index in [0.29, 0.717) is 24.5 Å². The summed E-state index contributed by atoms with van der Waals surface area (Å²) in [5.74, 6) is 0.0126. The van der Waals surface area contributed by atoms with Gasteiger partial charge < -0.3 is 24.4 Å². The van der Waals surface area contributed by atoms with Gasteiger partial charge in [-0.1, -0.05) is 0 Å². The Morgan fingerprint density at radius 2 is 1.97 bits per heavy atom. The summed E-state index contributed by atoms with van der Waals surface area (Å²) in [7, 11) is 7.20. The van der Waals surface area contributed by atoms with Gasteiger partial charge in [0.15, 0.2) is 11.6 Å². The summed E-state index contributed by atoms with van der Waals surface area (Å²) in [5, 5.41) is 15.5. The monoisotopic (exact) mass is 513 g/mol. The number of nitrogens with zero attached hydrogens (tertiary/aromatic N) is 8. The van der Waals surface area contributed by atoms with E-state index in [9.17, 15) is 18.9 Å². The Labute approximate surface area is 210 Å². The van der Waals surface area contributed by atoms with Crippen molar-refractivity contribution in [1.82, 2.24) is 29.4 Å². The maximum Gasteiger partial charge on any atom is 0.387 e. The molecule has 3 aromatic heterocycles. The van der Waals surface area contributed by atoms with E-state index < -0.39 is 11.5 Å². The summed E-state index contributed by atoms with van der Waals surface area (Å²) in [6.45, 7) is -2.14. The van der Waals surface area contributed by atoms with E-state index in [2.05, 4.69) is 25.3 Å². The molecule has 0 spiro atoms. The van der Waals surface area contributed by atoms with Crippen LogP contribution in [0.2, 0.25) is 0 Å². The Hall–Kier alpha value is -4.46. The number of ether oxygens (including phenoxy) is 1. The van der Waals surface area contributed by atoms with Crippen LogP contribution in [0.25, 0.3) is 22.4 Å². The number of anilines is 3. The van der Waals surface area contributed by atoms with E-state index >= 15 is 0 Å². The summed E-state index contributed by atoms with van der Waals surface area (Å²) in [6.07, 6.45) is 4.74. The van der Waals surface area contributed by atoms with Crippen molar-refractivity contribution >= 4 is 34.0 Å². The zero-order valence-electron chi connectivity index (χ0n) is 20.6. The summed E-state index contributed by atoms with van der Waals surface area (Å²) < 4.78 is 33.1. The lowest BCUT2D eigenvalue weighted by Gasteiger charge is -2.23. The average molecular weight is 514 g/mol. The molecule has 3 heterocycles. The Bertz CT molecular complexity index is 1430. The van der Waals surface area contributed by atoms with Crippen molar-refractivity contribution in [3.63, 3.8) is 0 Å². The van der Waals surface area contributed by atoms with Gasteiger partial charge in [-0.15, -0.1) is 0 Å². The average Bonchev–Trinajstić information content (AvgIpc) is 3.19. The Morgan fingerprint density at radius 3 is 2.68 bits per heavy atom. The molecule has 0 saturated carbocycles. The van der Waals surface area contributed by atoms with Crippen LogP contribution in [0.4, 0.5) is 31.8 Å². The van der Waals surface area contributed by atoms with Crippen LogP contribution in [0.3, 0.4) is 0 Å². The molecule has 0 amide bonds. The Balaban J connectivity index is 1.73. The lowest BCUT2D eigenvalue weighted by molar-refractivity contribution is -0.384. The number of alkyl halides is 2. The zero-order chi connectivity index (χ0) is 26.7. The second-order valence-corrected chi connectivity index (χ2v) is 8.48. The number of nitro groups is 1. The number of fused-ring (bicyclic) bond motifs is 1. The predicted octanol–water partition coefficient (Wildman–Crippen LogP) is 3.68. The lowest BCUT2D eigenvalue weighted by Crippen LogP contribution is -2.29. The van der Waals surface area contributed by atoms with Gasteiger partial charge in [0.1, 0.15) is 17.7 Å². The van der Waals surface area contributed by atoms with Crippen LogP contribution in [-0.2, 0) is 7.05 Å². The molecule has 1 aromatic carbocycles. The summed E-state index contributed by atoms with van der Waals surface area (Å²) >= 11 is 0.